The second-order valence-electron chi connectivity index (χ2n) is 7.45. The van der Waals surface area contributed by atoms with Gasteiger partial charge in [-0.3, -0.25) is 4.90 Å². The van der Waals surface area contributed by atoms with Gasteiger partial charge in [0.2, 0.25) is 0 Å². The molecule has 21 heavy (non-hydrogen) atoms. The van der Waals surface area contributed by atoms with E-state index in [0.29, 0.717) is 6.04 Å². The first-order chi connectivity index (χ1) is 9.92. The first kappa shape index (κ1) is 14.6. The van der Waals surface area contributed by atoms with Crippen LogP contribution in [0.4, 0.5) is 0 Å². The number of likely N-dealkylation sites (N-methyl/N-ethyl adjacent to an activating group) is 1. The first-order valence-corrected chi connectivity index (χ1v) is 8.14. The van der Waals surface area contributed by atoms with Gasteiger partial charge in [-0.25, -0.2) is 0 Å². The Morgan fingerprint density at radius 1 is 1.10 bits per heavy atom. The number of nitrogens with zero attached hydrogens (tertiary/aromatic N) is 1. The van der Waals surface area contributed by atoms with E-state index in [1.165, 1.54) is 36.8 Å². The minimum Gasteiger partial charge on any atom is -0.488 e. The largest absolute Gasteiger partial charge is 0.488 e. The van der Waals surface area contributed by atoms with E-state index in [9.17, 15) is 0 Å². The van der Waals surface area contributed by atoms with Crippen LogP contribution in [-0.4, -0.2) is 29.6 Å². The molecule has 2 unspecified atom stereocenters. The Labute approximate surface area is 128 Å². The molecular weight excluding hydrogens is 258 g/mol. The molecule has 2 aliphatic heterocycles. The molecule has 1 saturated heterocycles. The van der Waals surface area contributed by atoms with E-state index in [1.54, 1.807) is 0 Å². The monoisotopic (exact) mass is 285 g/mol. The maximum Gasteiger partial charge on any atom is 0.120 e. The van der Waals surface area contributed by atoms with Crippen molar-refractivity contribution in [1.29, 1.82) is 0 Å². The maximum absolute atomic E-state index is 5.91. The molecule has 0 aliphatic carbocycles. The molecule has 0 N–H and O–H groups in total. The normalized spacial score (nSPS) is 26.4. The zero-order valence-electron chi connectivity index (χ0n) is 13.7. The summed E-state index contributed by atoms with van der Waals surface area (Å²) >= 11 is 0. The number of benzene rings is 1. The van der Waals surface area contributed by atoms with Gasteiger partial charge in [-0.1, -0.05) is 24.6 Å². The number of hydrogen-bond acceptors (Lipinski definition) is 2. The van der Waals surface area contributed by atoms with Crippen molar-refractivity contribution in [3.05, 3.63) is 35.9 Å². The zero-order chi connectivity index (χ0) is 15.0. The standard InChI is InChI=1S/C19H27NO/c1-19(2,3)21-18-10-8-14(9-11-18)15-12-16-6-5-7-17(13-15)20(16)4/h8-12,16-17H,5-7,13H2,1-4H3. The second-order valence-corrected chi connectivity index (χ2v) is 7.45. The zero-order valence-corrected chi connectivity index (χ0v) is 13.7. The van der Waals surface area contributed by atoms with Crippen molar-refractivity contribution in [3.8, 4) is 5.75 Å². The third-order valence-corrected chi connectivity index (χ3v) is 4.63. The molecule has 1 aromatic rings. The smallest absolute Gasteiger partial charge is 0.120 e. The maximum atomic E-state index is 5.91. The molecule has 2 bridgehead atoms. The number of hydrogen-bond donors (Lipinski definition) is 0. The van der Waals surface area contributed by atoms with E-state index in [2.05, 4.69) is 63.1 Å². The molecule has 0 amide bonds. The Morgan fingerprint density at radius 3 is 2.43 bits per heavy atom. The van der Waals surface area contributed by atoms with Crippen LogP contribution in [0.15, 0.2) is 30.3 Å². The molecule has 0 aromatic heterocycles. The van der Waals surface area contributed by atoms with Crippen molar-refractivity contribution >= 4 is 5.57 Å². The topological polar surface area (TPSA) is 12.5 Å². The molecule has 3 rings (SSSR count). The van der Waals surface area contributed by atoms with Gasteiger partial charge in [0.15, 0.2) is 0 Å². The Hall–Kier alpha value is -1.28. The second kappa shape index (κ2) is 5.49. The molecule has 0 saturated carbocycles. The van der Waals surface area contributed by atoms with E-state index in [1.807, 2.05) is 0 Å². The van der Waals surface area contributed by atoms with Crippen LogP contribution in [-0.2, 0) is 0 Å². The minimum absolute atomic E-state index is 0.134. The van der Waals surface area contributed by atoms with Crippen LogP contribution in [0, 0.1) is 0 Å². The lowest BCUT2D eigenvalue weighted by Gasteiger charge is -2.42. The van der Waals surface area contributed by atoms with Crippen LogP contribution in [0.3, 0.4) is 0 Å². The summed E-state index contributed by atoms with van der Waals surface area (Å²) in [6.07, 6.45) is 7.70. The average molecular weight is 285 g/mol. The number of fused-ring (bicyclic) bond motifs is 2. The van der Waals surface area contributed by atoms with Crippen LogP contribution in [0.2, 0.25) is 0 Å². The number of ether oxygens (including phenoxy) is 1. The van der Waals surface area contributed by atoms with Gasteiger partial charge >= 0.3 is 0 Å². The Kier molecular flexibility index (Phi) is 3.83. The summed E-state index contributed by atoms with van der Waals surface area (Å²) in [5, 5.41) is 0. The molecule has 2 heteroatoms. The van der Waals surface area contributed by atoms with E-state index >= 15 is 0 Å². The third kappa shape index (κ3) is 3.32. The lowest BCUT2D eigenvalue weighted by molar-refractivity contribution is 0.131. The molecule has 0 radical (unpaired) electrons. The minimum atomic E-state index is -0.134. The molecule has 0 spiro atoms. The van der Waals surface area contributed by atoms with Crippen molar-refractivity contribution in [2.75, 3.05) is 7.05 Å². The Balaban J connectivity index is 1.78. The Morgan fingerprint density at radius 2 is 1.81 bits per heavy atom. The summed E-state index contributed by atoms with van der Waals surface area (Å²) in [5.41, 5.74) is 2.75. The molecule has 1 fully saturated rings. The molecule has 2 nitrogen and oxygen atoms in total. The lowest BCUT2D eigenvalue weighted by atomic mass is 9.83. The van der Waals surface area contributed by atoms with Crippen LogP contribution >= 0.6 is 0 Å². The summed E-state index contributed by atoms with van der Waals surface area (Å²) in [6, 6.07) is 10.0. The quantitative estimate of drug-likeness (QED) is 0.793. The average Bonchev–Trinajstić information content (AvgIpc) is 2.37. The number of rotatable bonds is 2. The van der Waals surface area contributed by atoms with Crippen molar-refractivity contribution in [2.24, 2.45) is 0 Å². The van der Waals surface area contributed by atoms with Gasteiger partial charge in [-0.05, 0) is 70.4 Å². The van der Waals surface area contributed by atoms with Gasteiger partial charge in [0.05, 0.1) is 0 Å². The summed E-state index contributed by atoms with van der Waals surface area (Å²) < 4.78 is 5.91. The van der Waals surface area contributed by atoms with Crippen LogP contribution in [0.1, 0.15) is 52.0 Å². The van der Waals surface area contributed by atoms with Crippen molar-refractivity contribution < 1.29 is 4.74 Å². The third-order valence-electron chi connectivity index (χ3n) is 4.63. The molecule has 1 aromatic carbocycles. The van der Waals surface area contributed by atoms with Crippen LogP contribution < -0.4 is 4.74 Å². The molecule has 114 valence electrons. The van der Waals surface area contributed by atoms with Gasteiger partial charge in [-0.2, -0.15) is 0 Å². The molecule has 2 aliphatic rings. The predicted molar refractivity (Wildman–Crippen MR) is 88.6 cm³/mol. The highest BCUT2D eigenvalue weighted by molar-refractivity contribution is 5.68. The molecular formula is C19H27NO. The van der Waals surface area contributed by atoms with Crippen molar-refractivity contribution in [1.82, 2.24) is 4.90 Å². The van der Waals surface area contributed by atoms with E-state index in [0.717, 1.165) is 11.8 Å². The van der Waals surface area contributed by atoms with Crippen LogP contribution in [0.25, 0.3) is 5.57 Å². The van der Waals surface area contributed by atoms with Crippen molar-refractivity contribution in [3.63, 3.8) is 0 Å². The first-order valence-electron chi connectivity index (χ1n) is 8.14. The lowest BCUT2D eigenvalue weighted by Crippen LogP contribution is -2.45. The predicted octanol–water partition coefficient (Wildman–Crippen LogP) is 4.50. The van der Waals surface area contributed by atoms with E-state index < -0.39 is 0 Å². The highest BCUT2D eigenvalue weighted by Gasteiger charge is 2.31. The highest BCUT2D eigenvalue weighted by Crippen LogP contribution is 2.36. The van der Waals surface area contributed by atoms with Gasteiger partial charge in [0.1, 0.15) is 11.4 Å². The van der Waals surface area contributed by atoms with Gasteiger partial charge in [-0.15, -0.1) is 0 Å². The van der Waals surface area contributed by atoms with Gasteiger partial charge in [0, 0.05) is 12.1 Å². The van der Waals surface area contributed by atoms with Gasteiger partial charge in [0.25, 0.3) is 0 Å². The molecule has 2 heterocycles. The van der Waals surface area contributed by atoms with E-state index in [-0.39, 0.29) is 5.60 Å². The Bertz CT molecular complexity index is 523. The van der Waals surface area contributed by atoms with Gasteiger partial charge < -0.3 is 4.74 Å². The highest BCUT2D eigenvalue weighted by atomic mass is 16.5. The van der Waals surface area contributed by atoms with Crippen molar-refractivity contribution in [2.45, 2.75) is 64.1 Å². The summed E-state index contributed by atoms with van der Waals surface area (Å²) in [4.78, 5) is 2.56. The summed E-state index contributed by atoms with van der Waals surface area (Å²) in [7, 11) is 2.28. The van der Waals surface area contributed by atoms with E-state index in [4.69, 9.17) is 4.74 Å². The summed E-state index contributed by atoms with van der Waals surface area (Å²) in [5.74, 6) is 0.958. The fourth-order valence-corrected chi connectivity index (χ4v) is 3.55. The fraction of sp³-hybridized carbons (Fsp3) is 0.579. The number of piperidine rings is 1. The fourth-order valence-electron chi connectivity index (χ4n) is 3.55. The van der Waals surface area contributed by atoms with Crippen LogP contribution in [0.5, 0.6) is 5.75 Å². The SMILES string of the molecule is CN1C2C=C(c3ccc(OC(C)(C)C)cc3)CC1CCC2. The summed E-state index contributed by atoms with van der Waals surface area (Å²) in [6.45, 7) is 6.25. The molecule has 2 atom stereocenters.